The van der Waals surface area contributed by atoms with Crippen molar-refractivity contribution in [2.24, 2.45) is 0 Å². The van der Waals surface area contributed by atoms with Crippen LogP contribution < -0.4 is 0 Å². The van der Waals surface area contributed by atoms with Gasteiger partial charge >= 0.3 is 0 Å². The monoisotopic (exact) mass is 332 g/mol. The molecule has 1 atom stereocenters. The second-order valence-corrected chi connectivity index (χ2v) is 8.24. The first kappa shape index (κ1) is 21.2. The van der Waals surface area contributed by atoms with Crippen LogP contribution in [0.1, 0.15) is 90.0 Å². The third-order valence-electron chi connectivity index (χ3n) is 5.60. The van der Waals surface area contributed by atoms with E-state index in [0.717, 1.165) is 17.1 Å². The second kappa shape index (κ2) is 12.5. The van der Waals surface area contributed by atoms with Crippen molar-refractivity contribution >= 4 is 0 Å². The lowest BCUT2D eigenvalue weighted by atomic mass is 10.0. The molecule has 0 saturated carbocycles. The van der Waals surface area contributed by atoms with Gasteiger partial charge in [-0.15, -0.1) is 0 Å². The Hall–Kier alpha value is -0.820. The van der Waals surface area contributed by atoms with E-state index in [4.69, 9.17) is 0 Å². The van der Waals surface area contributed by atoms with Crippen molar-refractivity contribution in [1.29, 1.82) is 0 Å². The Balaban J connectivity index is 2.07. The topological polar surface area (TPSA) is 0 Å². The van der Waals surface area contributed by atoms with E-state index in [0.29, 0.717) is 0 Å². The predicted octanol–water partition coefficient (Wildman–Crippen LogP) is 6.96. The fourth-order valence-electron chi connectivity index (χ4n) is 3.49. The van der Waals surface area contributed by atoms with Crippen LogP contribution in [0.15, 0.2) is 30.3 Å². The lowest BCUT2D eigenvalue weighted by molar-refractivity contribution is -0.926. The number of hydrogen-bond acceptors (Lipinski definition) is 0. The molecule has 138 valence electrons. The zero-order valence-corrected chi connectivity index (χ0v) is 16.9. The van der Waals surface area contributed by atoms with Crippen LogP contribution in [-0.4, -0.2) is 24.6 Å². The first-order valence-corrected chi connectivity index (χ1v) is 10.4. The molecule has 1 rings (SSSR count). The normalized spacial score (nSPS) is 13.2. The smallest absolute Gasteiger partial charge is 0.104 e. The van der Waals surface area contributed by atoms with E-state index in [1.807, 2.05) is 0 Å². The molecule has 0 spiro atoms. The summed E-state index contributed by atoms with van der Waals surface area (Å²) < 4.78 is 1.10. The minimum atomic E-state index is 0.735. The molecule has 0 heterocycles. The first-order chi connectivity index (χ1) is 11.6. The average molecular weight is 333 g/mol. The molecule has 0 unspecified atom stereocenters. The summed E-state index contributed by atoms with van der Waals surface area (Å²) in [4.78, 5) is 0. The highest BCUT2D eigenvalue weighted by atomic mass is 15.3. The van der Waals surface area contributed by atoms with Crippen LogP contribution in [-0.2, 0) is 6.54 Å². The van der Waals surface area contributed by atoms with Gasteiger partial charge in [-0.25, -0.2) is 0 Å². The van der Waals surface area contributed by atoms with Crippen LogP contribution in [0.25, 0.3) is 0 Å². The summed E-state index contributed by atoms with van der Waals surface area (Å²) in [5, 5.41) is 0. The number of nitrogens with zero attached hydrogens (tertiary/aromatic N) is 1. The molecule has 0 fully saturated rings. The Morgan fingerprint density at radius 2 is 1.25 bits per heavy atom. The molecule has 1 nitrogen and oxygen atoms in total. The summed E-state index contributed by atoms with van der Waals surface area (Å²) in [6, 6.07) is 11.7. The van der Waals surface area contributed by atoms with Gasteiger partial charge in [-0.05, 0) is 19.8 Å². The molecule has 1 aromatic carbocycles. The maximum atomic E-state index is 2.43. The molecular formula is C23H42N+. The fraction of sp³-hybridized carbons (Fsp3) is 0.739. The lowest BCUT2D eigenvalue weighted by Crippen LogP contribution is -2.46. The van der Waals surface area contributed by atoms with E-state index in [9.17, 15) is 0 Å². The summed E-state index contributed by atoms with van der Waals surface area (Å²) in [6.45, 7) is 5.86. The van der Waals surface area contributed by atoms with Gasteiger partial charge in [0.05, 0.1) is 20.1 Å². The van der Waals surface area contributed by atoms with E-state index in [-0.39, 0.29) is 0 Å². The average Bonchev–Trinajstić information content (AvgIpc) is 2.57. The van der Waals surface area contributed by atoms with Gasteiger partial charge in [-0.1, -0.05) is 95.0 Å². The molecular weight excluding hydrogens is 290 g/mol. The molecule has 0 N–H and O–H groups in total. The van der Waals surface area contributed by atoms with Crippen molar-refractivity contribution in [3.05, 3.63) is 35.9 Å². The highest BCUT2D eigenvalue weighted by Gasteiger charge is 2.23. The van der Waals surface area contributed by atoms with Crippen molar-refractivity contribution in [2.45, 2.75) is 97.1 Å². The molecule has 0 aliphatic carbocycles. The molecule has 1 heteroatoms. The summed E-state index contributed by atoms with van der Waals surface area (Å²) in [7, 11) is 4.77. The highest BCUT2D eigenvalue weighted by molar-refractivity contribution is 5.13. The largest absolute Gasteiger partial charge is 0.323 e. The zero-order chi connectivity index (χ0) is 17.7. The minimum absolute atomic E-state index is 0.735. The first-order valence-electron chi connectivity index (χ1n) is 10.4. The van der Waals surface area contributed by atoms with E-state index in [1.54, 1.807) is 0 Å². The number of rotatable bonds is 14. The number of unbranched alkanes of at least 4 members (excludes halogenated alkanes) is 9. The number of benzene rings is 1. The van der Waals surface area contributed by atoms with Crippen molar-refractivity contribution in [2.75, 3.05) is 14.1 Å². The van der Waals surface area contributed by atoms with E-state index >= 15 is 0 Å². The van der Waals surface area contributed by atoms with Crippen LogP contribution in [0.4, 0.5) is 0 Å². The summed E-state index contributed by atoms with van der Waals surface area (Å²) >= 11 is 0. The molecule has 24 heavy (non-hydrogen) atoms. The molecule has 0 amide bonds. The van der Waals surface area contributed by atoms with Gasteiger partial charge < -0.3 is 4.48 Å². The van der Waals surface area contributed by atoms with Gasteiger partial charge in [0.2, 0.25) is 0 Å². The summed E-state index contributed by atoms with van der Waals surface area (Å²) in [5.74, 6) is 0. The van der Waals surface area contributed by atoms with E-state index < -0.39 is 0 Å². The number of hydrogen-bond donors (Lipinski definition) is 0. The zero-order valence-electron chi connectivity index (χ0n) is 16.9. The Morgan fingerprint density at radius 3 is 1.79 bits per heavy atom. The second-order valence-electron chi connectivity index (χ2n) is 8.24. The summed E-state index contributed by atoms with van der Waals surface area (Å²) in [6.07, 6.45) is 15.7. The van der Waals surface area contributed by atoms with Crippen molar-refractivity contribution in [3.63, 3.8) is 0 Å². The molecule has 1 aromatic rings. The molecule has 0 aliphatic heterocycles. The van der Waals surface area contributed by atoms with Gasteiger partial charge in [-0.2, -0.15) is 0 Å². The molecule has 0 radical (unpaired) electrons. The maximum Gasteiger partial charge on any atom is 0.104 e. The van der Waals surface area contributed by atoms with Gasteiger partial charge in [0.25, 0.3) is 0 Å². The van der Waals surface area contributed by atoms with Crippen LogP contribution in [0.5, 0.6) is 0 Å². The third kappa shape index (κ3) is 9.47. The standard InChI is InChI=1S/C23H42N/c1-5-6-7-8-9-10-11-12-13-15-18-22(2)24(3,4)21-23-19-16-14-17-20-23/h14,16-17,19-20,22H,5-13,15,18,21H2,1-4H3/q+1/t22-/m0/s1. The van der Waals surface area contributed by atoms with Crippen LogP contribution in [0.3, 0.4) is 0 Å². The van der Waals surface area contributed by atoms with Crippen molar-refractivity contribution in [1.82, 2.24) is 0 Å². The minimum Gasteiger partial charge on any atom is -0.323 e. The Labute approximate surface area is 152 Å². The Kier molecular flexibility index (Phi) is 11.1. The van der Waals surface area contributed by atoms with Crippen LogP contribution in [0.2, 0.25) is 0 Å². The maximum absolute atomic E-state index is 2.43. The van der Waals surface area contributed by atoms with Crippen LogP contribution >= 0.6 is 0 Å². The van der Waals surface area contributed by atoms with E-state index in [1.165, 1.54) is 76.2 Å². The fourth-order valence-corrected chi connectivity index (χ4v) is 3.49. The van der Waals surface area contributed by atoms with Gasteiger partial charge in [0, 0.05) is 5.56 Å². The molecule has 0 bridgehead atoms. The Morgan fingerprint density at radius 1 is 0.750 bits per heavy atom. The van der Waals surface area contributed by atoms with Crippen molar-refractivity contribution in [3.8, 4) is 0 Å². The highest BCUT2D eigenvalue weighted by Crippen LogP contribution is 2.19. The SMILES string of the molecule is CCCCCCCCCCCC[C@H](C)[N+](C)(C)Cc1ccccc1. The molecule has 0 aliphatic rings. The predicted molar refractivity (Wildman–Crippen MR) is 108 cm³/mol. The van der Waals surface area contributed by atoms with Crippen LogP contribution in [0, 0.1) is 0 Å². The third-order valence-corrected chi connectivity index (χ3v) is 5.60. The summed E-state index contributed by atoms with van der Waals surface area (Å²) in [5.41, 5.74) is 1.46. The lowest BCUT2D eigenvalue weighted by Gasteiger charge is -2.36. The Bertz CT molecular complexity index is 396. The molecule has 0 saturated heterocycles. The van der Waals surface area contributed by atoms with E-state index in [2.05, 4.69) is 58.3 Å². The quantitative estimate of drug-likeness (QED) is 0.255. The number of quaternary nitrogens is 1. The van der Waals surface area contributed by atoms with Gasteiger partial charge in [-0.3, -0.25) is 0 Å². The van der Waals surface area contributed by atoms with Gasteiger partial charge in [0.1, 0.15) is 6.54 Å². The molecule has 0 aromatic heterocycles. The van der Waals surface area contributed by atoms with Gasteiger partial charge in [0.15, 0.2) is 0 Å². The van der Waals surface area contributed by atoms with Crippen molar-refractivity contribution < 1.29 is 4.48 Å².